The van der Waals surface area contributed by atoms with Gasteiger partial charge in [0.25, 0.3) is 0 Å². The summed E-state index contributed by atoms with van der Waals surface area (Å²) in [5.41, 5.74) is 3.22. The Hall–Kier alpha value is 0. The van der Waals surface area contributed by atoms with Crippen LogP contribution in [0.2, 0.25) is 0 Å². The molecule has 12 bridgehead atoms. The standard InChI is InChI=1S/C11H22.C10H18.4C9H16.C9H18.C8H14.C8H16.C7H14/c1-9-10(2,3)7-6-8-11(9,4)5;1-7-8-4-5-9(6-8)10(7,2)3;1-7-5-8-3-4-9(7,2)6-8;1-6-7(2)9-4-3-8(6)5-9;1-7-6-8-2-4-9(7)5-3-8;1-2-8-5-7-3-4-9(8)6-7;1-8-6-4-5-7-9(8,2)3;1-6-4-7-2-3-8(6)5-7;1-2-8-6-4-3-5-7-8;1-2-7-5-3-4-6-7/h9H,6-8H2,1-5H3;7-9H,4-6H2,1-3H3;7-8H,3-6H2,1-2H3;6-9H,3-5H2,1-2H3;2*7-9H,2-6H2,1H3;8H,4-7H2,1-3H3;6-8H,2-5H2,1H3;8H,2-7H2,1H3;7H,2-6H2,1H3/t;;;;7-,8?,9?;;8-;;;/m....0.1.../s1. The highest BCUT2D eigenvalue weighted by molar-refractivity contribution is 5.00. The summed E-state index contributed by atoms with van der Waals surface area (Å²) in [6, 6.07) is 0. The first-order valence-corrected chi connectivity index (χ1v) is 42.1. The van der Waals surface area contributed by atoms with E-state index in [0.717, 1.165) is 136 Å². The molecule has 17 fully saturated rings. The van der Waals surface area contributed by atoms with Gasteiger partial charge in [-0.2, -0.15) is 0 Å². The van der Waals surface area contributed by atoms with Gasteiger partial charge in [-0.1, -0.05) is 267 Å². The van der Waals surface area contributed by atoms with Crippen molar-refractivity contribution >= 4 is 0 Å². The minimum atomic E-state index is 0.571. The topological polar surface area (TPSA) is 0 Å². The van der Waals surface area contributed by atoms with Crippen LogP contribution in [0.4, 0.5) is 0 Å². The Morgan fingerprint density at radius 2 is 0.775 bits per heavy atom. The smallest absolute Gasteiger partial charge is 0.0297 e. The summed E-state index contributed by atoms with van der Waals surface area (Å²) >= 11 is 0. The van der Waals surface area contributed by atoms with Crippen LogP contribution in [0.5, 0.6) is 0 Å². The zero-order valence-corrected chi connectivity index (χ0v) is 64.9. The predicted molar refractivity (Wildman–Crippen MR) is 396 cm³/mol. The monoisotopic (exact) mass is 1240 g/mol. The minimum Gasteiger partial charge on any atom is -0.0651 e. The van der Waals surface area contributed by atoms with Crippen LogP contribution in [-0.2, 0) is 0 Å². The van der Waals surface area contributed by atoms with Crippen LogP contribution in [-0.4, -0.2) is 0 Å². The van der Waals surface area contributed by atoms with Crippen molar-refractivity contribution in [2.75, 3.05) is 0 Å². The van der Waals surface area contributed by atoms with Crippen LogP contribution in [0.25, 0.3) is 0 Å². The molecule has 0 aromatic rings. The maximum Gasteiger partial charge on any atom is -0.0297 e. The molecule has 16 unspecified atom stereocenters. The first-order valence-electron chi connectivity index (χ1n) is 42.1. The van der Waals surface area contributed by atoms with Crippen molar-refractivity contribution in [1.29, 1.82) is 0 Å². The molecule has 0 N–H and O–H groups in total. The highest BCUT2D eigenvalue weighted by atomic mass is 14.6. The van der Waals surface area contributed by atoms with Gasteiger partial charge in [0.2, 0.25) is 0 Å². The zero-order valence-electron chi connectivity index (χ0n) is 64.9. The van der Waals surface area contributed by atoms with E-state index in [-0.39, 0.29) is 0 Å². The van der Waals surface area contributed by atoms with Crippen molar-refractivity contribution in [2.24, 2.45) is 157 Å². The van der Waals surface area contributed by atoms with Gasteiger partial charge < -0.3 is 0 Å². The lowest BCUT2D eigenvalue weighted by Gasteiger charge is -2.47. The van der Waals surface area contributed by atoms with Crippen molar-refractivity contribution in [3.05, 3.63) is 0 Å². The van der Waals surface area contributed by atoms with Crippen molar-refractivity contribution in [3.8, 4) is 0 Å². The Bertz CT molecular complexity index is 1880. The molecule has 18 atom stereocenters. The van der Waals surface area contributed by atoms with E-state index in [4.69, 9.17) is 0 Å². The van der Waals surface area contributed by atoms with Crippen LogP contribution in [0, 0.1) is 157 Å². The Balaban J connectivity index is 0.000000141. The average Bonchev–Trinajstić information content (AvgIpc) is 1.81. The molecular formula is C89H166. The van der Waals surface area contributed by atoms with E-state index in [1.165, 1.54) is 180 Å². The molecule has 0 aromatic carbocycles. The summed E-state index contributed by atoms with van der Waals surface area (Å²) in [7, 11) is 0. The maximum atomic E-state index is 2.48. The molecule has 17 aliphatic rings. The van der Waals surface area contributed by atoms with Crippen molar-refractivity contribution < 1.29 is 0 Å². The molecule has 17 aliphatic carbocycles. The fourth-order valence-corrected chi connectivity index (χ4v) is 24.1. The quantitative estimate of drug-likeness (QED) is 0.264. The van der Waals surface area contributed by atoms with Crippen LogP contribution < -0.4 is 0 Å². The van der Waals surface area contributed by atoms with E-state index in [9.17, 15) is 0 Å². The van der Waals surface area contributed by atoms with Gasteiger partial charge in [-0.15, -0.1) is 0 Å². The van der Waals surface area contributed by atoms with Crippen LogP contribution in [0.1, 0.15) is 408 Å². The lowest BCUT2D eigenvalue weighted by molar-refractivity contribution is 0.0286. The Morgan fingerprint density at radius 1 is 0.303 bits per heavy atom. The van der Waals surface area contributed by atoms with Gasteiger partial charge in [-0.3, -0.25) is 0 Å². The van der Waals surface area contributed by atoms with Crippen molar-refractivity contribution in [1.82, 2.24) is 0 Å². The van der Waals surface area contributed by atoms with Gasteiger partial charge in [0.05, 0.1) is 0 Å². The fourth-order valence-electron chi connectivity index (χ4n) is 24.1. The van der Waals surface area contributed by atoms with Gasteiger partial charge in [0, 0.05) is 0 Å². The van der Waals surface area contributed by atoms with Gasteiger partial charge >= 0.3 is 0 Å². The van der Waals surface area contributed by atoms with Crippen LogP contribution in [0.3, 0.4) is 0 Å². The average molecular weight is 1240 g/mol. The second-order valence-corrected chi connectivity index (χ2v) is 40.0. The third kappa shape index (κ3) is 21.5. The molecule has 0 aliphatic heterocycles. The molecule has 0 nitrogen and oxygen atoms in total. The first kappa shape index (κ1) is 76.4. The van der Waals surface area contributed by atoms with Crippen molar-refractivity contribution in [3.63, 3.8) is 0 Å². The molecule has 89 heavy (non-hydrogen) atoms. The van der Waals surface area contributed by atoms with E-state index in [0.29, 0.717) is 21.7 Å². The third-order valence-corrected chi connectivity index (χ3v) is 33.3. The largest absolute Gasteiger partial charge is 0.0651 e. The normalized spacial score (nSPS) is 42.9. The number of fused-ring (bicyclic) bond motifs is 13. The summed E-state index contributed by atoms with van der Waals surface area (Å²) in [6.45, 7) is 48.2. The molecule has 0 amide bonds. The molecule has 0 radical (unpaired) electrons. The second kappa shape index (κ2) is 35.0. The zero-order chi connectivity index (χ0) is 64.9. The lowest BCUT2D eigenvalue weighted by atomic mass is 9.58. The molecule has 0 heterocycles. The highest BCUT2D eigenvalue weighted by Gasteiger charge is 2.51. The molecule has 522 valence electrons. The fraction of sp³-hybridized carbons (Fsp3) is 1.00. The van der Waals surface area contributed by atoms with E-state index >= 15 is 0 Å². The molecule has 17 saturated carbocycles. The Morgan fingerprint density at radius 3 is 1.03 bits per heavy atom. The first-order chi connectivity index (χ1) is 42.1. The van der Waals surface area contributed by atoms with E-state index < -0.39 is 0 Å². The van der Waals surface area contributed by atoms with Crippen molar-refractivity contribution in [2.45, 2.75) is 408 Å². The van der Waals surface area contributed by atoms with Gasteiger partial charge in [-0.05, 0) is 299 Å². The molecule has 17 rings (SSSR count). The molecule has 0 aromatic heterocycles. The van der Waals surface area contributed by atoms with Crippen LogP contribution >= 0.6 is 0 Å². The Labute approximate surface area is 562 Å². The van der Waals surface area contributed by atoms with Gasteiger partial charge in [-0.25, -0.2) is 0 Å². The summed E-state index contributed by atoms with van der Waals surface area (Å²) in [5.74, 6) is 23.7. The third-order valence-electron chi connectivity index (χ3n) is 33.3. The Kier molecular flexibility index (Phi) is 30.0. The number of rotatable bonds is 3. The van der Waals surface area contributed by atoms with E-state index in [2.05, 4.69) is 138 Å². The highest BCUT2D eigenvalue weighted by Crippen LogP contribution is 2.60. The SMILES string of the molecule is CC1C(C)(C)CCCC1(C)C.CC1C2CCC(C2)C1(C)C.CC1C2CCC(C2)C1C.CC1CC2CCC1(C)C2.CC1CC2CCC1C2.CCC1CC2CCC1C2.CCC1CCCC1.CCC1CCCCC1.C[C@@H]1CCCCC1(C)C.C[C@H]1CC2CCC1CC2. The van der Waals surface area contributed by atoms with E-state index in [1.807, 2.05) is 0 Å². The van der Waals surface area contributed by atoms with Crippen LogP contribution in [0.15, 0.2) is 0 Å². The summed E-state index contributed by atoms with van der Waals surface area (Å²) in [5, 5.41) is 0. The molecule has 0 spiro atoms. The number of hydrogen-bond donors (Lipinski definition) is 0. The molecular weight excluding hydrogens is 1070 g/mol. The van der Waals surface area contributed by atoms with Gasteiger partial charge in [0.1, 0.15) is 0 Å². The van der Waals surface area contributed by atoms with Gasteiger partial charge in [0.15, 0.2) is 0 Å². The van der Waals surface area contributed by atoms with E-state index in [1.54, 1.807) is 89.9 Å². The maximum absolute atomic E-state index is 2.48. The molecule has 0 heteroatoms. The number of hydrogen-bond acceptors (Lipinski definition) is 0. The second-order valence-electron chi connectivity index (χ2n) is 40.0. The predicted octanol–water partition coefficient (Wildman–Crippen LogP) is 29.4. The summed E-state index contributed by atoms with van der Waals surface area (Å²) < 4.78 is 0. The minimum absolute atomic E-state index is 0.571. The summed E-state index contributed by atoms with van der Waals surface area (Å²) in [4.78, 5) is 0. The lowest BCUT2D eigenvalue weighted by Crippen LogP contribution is -2.38. The molecule has 0 saturated heterocycles. The summed E-state index contributed by atoms with van der Waals surface area (Å²) in [6.07, 6.45) is 63.4.